The molecule has 0 aromatic heterocycles. The molecule has 1 spiro atoms. The molecule has 2 aliphatic heterocycles. The third-order valence-corrected chi connectivity index (χ3v) is 6.60. The highest BCUT2D eigenvalue weighted by Crippen LogP contribution is 2.46. The highest BCUT2D eigenvalue weighted by molar-refractivity contribution is 5.86. The number of carbonyl (C=O) groups is 4. The number of rotatable bonds is 9. The molecule has 1 saturated heterocycles. The summed E-state index contributed by atoms with van der Waals surface area (Å²) in [4.78, 5) is 50.2. The van der Waals surface area contributed by atoms with Gasteiger partial charge in [-0.2, -0.15) is 0 Å². The van der Waals surface area contributed by atoms with Crippen molar-refractivity contribution in [3.8, 4) is 0 Å². The lowest BCUT2D eigenvalue weighted by atomic mass is 9.66. The van der Waals surface area contributed by atoms with Crippen LogP contribution in [-0.4, -0.2) is 65.2 Å². The Hall–Kier alpha value is -2.88. The van der Waals surface area contributed by atoms with Crippen molar-refractivity contribution in [2.45, 2.75) is 71.1 Å². The molecule has 4 N–H and O–H groups in total. The van der Waals surface area contributed by atoms with Gasteiger partial charge in [-0.15, -0.1) is 0 Å². The van der Waals surface area contributed by atoms with Gasteiger partial charge in [0.15, 0.2) is 0 Å². The van der Waals surface area contributed by atoms with E-state index >= 15 is 0 Å². The fraction of sp³-hybridized carbons (Fsp3) is 0.667. The Labute approximate surface area is 200 Å². The van der Waals surface area contributed by atoms with Gasteiger partial charge in [-0.3, -0.25) is 19.3 Å². The van der Waals surface area contributed by atoms with Crippen molar-refractivity contribution in [3.63, 3.8) is 0 Å². The van der Waals surface area contributed by atoms with E-state index in [9.17, 15) is 24.3 Å². The molecule has 0 bridgehead atoms. The summed E-state index contributed by atoms with van der Waals surface area (Å²) in [6, 6.07) is -1.38. The largest absolute Gasteiger partial charge is 0.446 e. The predicted octanol–water partition coefficient (Wildman–Crippen LogP) is 1.17. The van der Waals surface area contributed by atoms with Gasteiger partial charge in [-0.1, -0.05) is 26.0 Å². The summed E-state index contributed by atoms with van der Waals surface area (Å²) in [6.07, 6.45) is 9.04. The molecule has 1 saturated carbocycles. The van der Waals surface area contributed by atoms with Crippen LogP contribution in [0.25, 0.3) is 0 Å². The van der Waals surface area contributed by atoms with Crippen LogP contribution in [0.2, 0.25) is 0 Å². The van der Waals surface area contributed by atoms with E-state index in [0.717, 1.165) is 0 Å². The summed E-state index contributed by atoms with van der Waals surface area (Å²) in [7, 11) is 0. The molecule has 0 radical (unpaired) electrons. The molecule has 1 aliphatic carbocycles. The molecule has 10 nitrogen and oxygen atoms in total. The average Bonchev–Trinajstić information content (AvgIpc) is 3.15. The van der Waals surface area contributed by atoms with Gasteiger partial charge >= 0.3 is 6.09 Å². The molecule has 2 fully saturated rings. The minimum Gasteiger partial charge on any atom is -0.446 e. The molecule has 0 aromatic carbocycles. The van der Waals surface area contributed by atoms with Gasteiger partial charge in [0.25, 0.3) is 0 Å². The van der Waals surface area contributed by atoms with Crippen LogP contribution in [0.15, 0.2) is 24.6 Å². The highest BCUT2D eigenvalue weighted by atomic mass is 16.6. The predicted molar refractivity (Wildman–Crippen MR) is 124 cm³/mol. The molecular weight excluding hydrogens is 440 g/mol. The molecule has 34 heavy (non-hydrogen) atoms. The van der Waals surface area contributed by atoms with E-state index in [2.05, 4.69) is 16.0 Å². The Morgan fingerprint density at radius 2 is 1.91 bits per heavy atom. The van der Waals surface area contributed by atoms with Crippen molar-refractivity contribution in [3.05, 3.63) is 24.6 Å². The number of nitrogens with zero attached hydrogens (tertiary/aromatic N) is 1. The third kappa shape index (κ3) is 6.59. The van der Waals surface area contributed by atoms with Crippen LogP contribution in [0.1, 0.15) is 52.9 Å². The van der Waals surface area contributed by atoms with Crippen molar-refractivity contribution in [1.82, 2.24) is 20.9 Å². The summed E-state index contributed by atoms with van der Waals surface area (Å²) in [5, 5.41) is 17.9. The van der Waals surface area contributed by atoms with Crippen LogP contribution >= 0.6 is 0 Å². The number of alkyl carbamates (subject to hydrolysis) is 1. The average molecular weight is 477 g/mol. The lowest BCUT2D eigenvalue weighted by molar-refractivity contribution is -0.126. The summed E-state index contributed by atoms with van der Waals surface area (Å²) in [5.41, 5.74) is -0.216. The first kappa shape index (κ1) is 25.7. The van der Waals surface area contributed by atoms with Gasteiger partial charge in [0, 0.05) is 37.2 Å². The van der Waals surface area contributed by atoms with E-state index in [1.54, 1.807) is 12.4 Å². The van der Waals surface area contributed by atoms with Crippen molar-refractivity contribution in [2.75, 3.05) is 13.2 Å². The number of amides is 4. The van der Waals surface area contributed by atoms with E-state index in [0.29, 0.717) is 38.6 Å². The van der Waals surface area contributed by atoms with Gasteiger partial charge in [-0.05, 0) is 38.0 Å². The summed E-state index contributed by atoms with van der Waals surface area (Å²) in [6.45, 7) is 5.69. The lowest BCUT2D eigenvalue weighted by Gasteiger charge is -2.44. The number of ether oxygens (including phenoxy) is 1. The van der Waals surface area contributed by atoms with Crippen molar-refractivity contribution < 1.29 is 29.0 Å². The monoisotopic (exact) mass is 476 g/mol. The zero-order valence-electron chi connectivity index (χ0n) is 20.1. The minimum absolute atomic E-state index is 0.0666. The van der Waals surface area contributed by atoms with Crippen LogP contribution in [-0.2, 0) is 19.1 Å². The quantitative estimate of drug-likeness (QED) is 0.394. The first-order valence-electron chi connectivity index (χ1n) is 11.9. The Balaban J connectivity index is 1.49. The summed E-state index contributed by atoms with van der Waals surface area (Å²) < 4.78 is 5.52. The van der Waals surface area contributed by atoms with E-state index < -0.39 is 24.1 Å². The first-order valence-corrected chi connectivity index (χ1v) is 11.9. The van der Waals surface area contributed by atoms with E-state index in [1.165, 1.54) is 11.8 Å². The third-order valence-electron chi connectivity index (χ3n) is 6.60. The number of nitrogens with one attached hydrogen (secondary N) is 3. The standard InChI is InChI=1S/C24H36N4O6/c1-15(2)10-20(22(32)26-18(14-29)11-17-4-7-25-21(17)31)27-23(33)34-19-12-24(13-19)5-8-28(9-6-24)16(3)30/h5-6,8-9,15,17-20,29H,4,7,10-14H2,1-3H3,(H,25,31)(H,26,32)(H,27,33)/t17-,18-,20-/m0/s1. The second-order valence-corrected chi connectivity index (χ2v) is 9.95. The molecule has 0 unspecified atom stereocenters. The van der Waals surface area contributed by atoms with E-state index in [-0.39, 0.29) is 41.8 Å². The fourth-order valence-electron chi connectivity index (χ4n) is 4.64. The molecule has 3 rings (SSSR count). The molecule has 4 amide bonds. The molecule has 10 heteroatoms. The zero-order chi connectivity index (χ0) is 24.9. The Kier molecular flexibility index (Phi) is 8.35. The first-order chi connectivity index (χ1) is 16.1. The molecular formula is C24H36N4O6. The van der Waals surface area contributed by atoms with Gasteiger partial charge < -0.3 is 25.8 Å². The molecule has 3 atom stereocenters. The van der Waals surface area contributed by atoms with Gasteiger partial charge in [0.05, 0.1) is 12.6 Å². The van der Waals surface area contributed by atoms with Crippen LogP contribution < -0.4 is 16.0 Å². The number of aliphatic hydroxyl groups excluding tert-OH is 1. The van der Waals surface area contributed by atoms with Gasteiger partial charge in [-0.25, -0.2) is 4.79 Å². The number of allylic oxidation sites excluding steroid dienone is 2. The Morgan fingerprint density at radius 1 is 1.24 bits per heavy atom. The maximum Gasteiger partial charge on any atom is 0.408 e. The zero-order valence-corrected chi connectivity index (χ0v) is 20.1. The van der Waals surface area contributed by atoms with Crippen LogP contribution in [0.3, 0.4) is 0 Å². The smallest absolute Gasteiger partial charge is 0.408 e. The fourth-order valence-corrected chi connectivity index (χ4v) is 4.64. The Morgan fingerprint density at radius 3 is 2.44 bits per heavy atom. The van der Waals surface area contributed by atoms with E-state index in [4.69, 9.17) is 4.74 Å². The normalized spacial score (nSPS) is 22.8. The van der Waals surface area contributed by atoms with Crippen LogP contribution in [0, 0.1) is 17.3 Å². The van der Waals surface area contributed by atoms with E-state index in [1.807, 2.05) is 26.0 Å². The van der Waals surface area contributed by atoms with Crippen LogP contribution in [0.5, 0.6) is 0 Å². The minimum atomic E-state index is -0.813. The van der Waals surface area contributed by atoms with Gasteiger partial charge in [0.1, 0.15) is 12.1 Å². The number of hydrogen-bond acceptors (Lipinski definition) is 6. The second-order valence-electron chi connectivity index (χ2n) is 9.95. The Bertz CT molecular complexity index is 832. The lowest BCUT2D eigenvalue weighted by Crippen LogP contribution is -2.53. The SMILES string of the molecule is CC(=O)N1C=CC2(C=C1)CC(OC(=O)N[C@@H](CC(C)C)C(=O)N[C@H](CO)C[C@@H]1CCNC1=O)C2. The summed E-state index contributed by atoms with van der Waals surface area (Å²) in [5.74, 6) is -0.648. The maximum absolute atomic E-state index is 12.9. The molecule has 3 aliphatic rings. The molecule has 188 valence electrons. The number of carbonyl (C=O) groups excluding carboxylic acids is 4. The van der Waals surface area contributed by atoms with Gasteiger partial charge in [0.2, 0.25) is 17.7 Å². The topological polar surface area (TPSA) is 137 Å². The highest BCUT2D eigenvalue weighted by Gasteiger charge is 2.44. The summed E-state index contributed by atoms with van der Waals surface area (Å²) >= 11 is 0. The van der Waals surface area contributed by atoms with Crippen molar-refractivity contribution in [1.29, 1.82) is 0 Å². The number of aliphatic hydroxyl groups is 1. The second kappa shape index (κ2) is 11.0. The molecule has 0 aromatic rings. The maximum atomic E-state index is 12.9. The van der Waals surface area contributed by atoms with Crippen molar-refractivity contribution >= 4 is 23.8 Å². The van der Waals surface area contributed by atoms with Crippen LogP contribution in [0.4, 0.5) is 4.79 Å². The number of hydrogen-bond donors (Lipinski definition) is 4. The van der Waals surface area contributed by atoms with Crippen molar-refractivity contribution in [2.24, 2.45) is 17.3 Å². The molecule has 2 heterocycles.